The van der Waals surface area contributed by atoms with Crippen molar-refractivity contribution in [3.05, 3.63) is 76.2 Å². The number of carbonyl (C=O) groups excluding carboxylic acids is 1. The molecule has 1 heterocycles. The van der Waals surface area contributed by atoms with Crippen molar-refractivity contribution in [2.75, 3.05) is 5.32 Å². The molecule has 4 nitrogen and oxygen atoms in total. The monoisotopic (exact) mass is 369 g/mol. The van der Waals surface area contributed by atoms with E-state index in [0.717, 1.165) is 22.4 Å². The van der Waals surface area contributed by atoms with Crippen LogP contribution in [0.1, 0.15) is 29.7 Å². The van der Waals surface area contributed by atoms with E-state index in [1.165, 1.54) is 12.1 Å². The van der Waals surface area contributed by atoms with E-state index in [4.69, 9.17) is 12.2 Å². The Bertz CT molecular complexity index is 906. The van der Waals surface area contributed by atoms with Gasteiger partial charge in [0.25, 0.3) is 5.91 Å². The van der Waals surface area contributed by atoms with E-state index in [2.05, 4.69) is 16.0 Å². The van der Waals surface area contributed by atoms with E-state index in [1.54, 1.807) is 12.1 Å². The van der Waals surface area contributed by atoms with Crippen LogP contribution < -0.4 is 16.0 Å². The zero-order chi connectivity index (χ0) is 18.8. The number of nitrogens with one attached hydrogen (secondary N) is 3. The number of anilines is 1. The predicted molar refractivity (Wildman–Crippen MR) is 105 cm³/mol. The largest absolute Gasteiger partial charge is 0.351 e. The summed E-state index contributed by atoms with van der Waals surface area (Å²) in [4.78, 5) is 13.0. The quantitative estimate of drug-likeness (QED) is 0.719. The van der Waals surface area contributed by atoms with E-state index in [1.807, 2.05) is 39.0 Å². The van der Waals surface area contributed by atoms with Crippen molar-refractivity contribution >= 4 is 28.9 Å². The minimum absolute atomic E-state index is 0.229. The van der Waals surface area contributed by atoms with Crippen LogP contribution in [0.4, 0.5) is 10.1 Å². The molecule has 0 saturated carbocycles. The van der Waals surface area contributed by atoms with Crippen LogP contribution in [0.25, 0.3) is 0 Å². The number of allylic oxidation sites excluding steroid dienone is 1. The van der Waals surface area contributed by atoms with Gasteiger partial charge in [-0.1, -0.05) is 24.3 Å². The van der Waals surface area contributed by atoms with Crippen molar-refractivity contribution in [3.8, 4) is 0 Å². The fourth-order valence-corrected chi connectivity index (χ4v) is 3.25. The molecule has 2 aromatic rings. The average Bonchev–Trinajstić information content (AvgIpc) is 2.59. The highest BCUT2D eigenvalue weighted by Crippen LogP contribution is 2.28. The minimum Gasteiger partial charge on any atom is -0.351 e. The maximum absolute atomic E-state index is 13.3. The molecule has 0 bridgehead atoms. The standard InChI is InChI=1S/C20H20FN3OS/c1-11-5-4-6-16(12(11)2)23-19(25)17-13(3)22-20(26)24-18(17)14-7-9-15(21)10-8-14/h4-10,18H,1-3H3,(H,23,25)(H2,22,24,26). The Hall–Kier alpha value is -2.73. The molecule has 26 heavy (non-hydrogen) atoms. The lowest BCUT2D eigenvalue weighted by atomic mass is 9.94. The number of rotatable bonds is 3. The van der Waals surface area contributed by atoms with Crippen LogP contribution in [0, 0.1) is 19.7 Å². The van der Waals surface area contributed by atoms with Crippen molar-refractivity contribution < 1.29 is 9.18 Å². The normalized spacial score (nSPS) is 16.8. The van der Waals surface area contributed by atoms with Gasteiger partial charge in [0.05, 0.1) is 11.6 Å². The van der Waals surface area contributed by atoms with Gasteiger partial charge in [-0.15, -0.1) is 0 Å². The minimum atomic E-state index is -0.450. The van der Waals surface area contributed by atoms with E-state index < -0.39 is 6.04 Å². The summed E-state index contributed by atoms with van der Waals surface area (Å²) in [5.41, 5.74) is 4.84. The van der Waals surface area contributed by atoms with Crippen molar-refractivity contribution in [1.29, 1.82) is 0 Å². The number of thiocarbonyl (C=S) groups is 1. The number of hydrogen-bond acceptors (Lipinski definition) is 2. The maximum atomic E-state index is 13.3. The molecule has 1 amide bonds. The second-order valence-electron chi connectivity index (χ2n) is 6.32. The van der Waals surface area contributed by atoms with Crippen LogP contribution in [0.5, 0.6) is 0 Å². The molecule has 2 aromatic carbocycles. The number of carbonyl (C=O) groups is 1. The van der Waals surface area contributed by atoms with Crippen LogP contribution in [0.3, 0.4) is 0 Å². The fourth-order valence-electron chi connectivity index (χ4n) is 2.98. The first-order valence-electron chi connectivity index (χ1n) is 8.28. The Kier molecular flexibility index (Phi) is 5.04. The first-order valence-corrected chi connectivity index (χ1v) is 8.69. The van der Waals surface area contributed by atoms with Gasteiger partial charge in [0.2, 0.25) is 0 Å². The molecule has 3 rings (SSSR count). The summed E-state index contributed by atoms with van der Waals surface area (Å²) in [6.45, 7) is 5.77. The van der Waals surface area contributed by atoms with Gasteiger partial charge in [-0.3, -0.25) is 4.79 Å². The third-order valence-electron chi connectivity index (χ3n) is 4.57. The molecule has 3 N–H and O–H groups in total. The Morgan fingerprint density at radius 2 is 1.81 bits per heavy atom. The highest BCUT2D eigenvalue weighted by molar-refractivity contribution is 7.80. The van der Waals surface area contributed by atoms with Gasteiger partial charge in [-0.25, -0.2) is 4.39 Å². The number of benzene rings is 2. The van der Waals surface area contributed by atoms with E-state index >= 15 is 0 Å². The van der Waals surface area contributed by atoms with Gasteiger partial charge in [0.15, 0.2) is 5.11 Å². The molecular formula is C20H20FN3OS. The zero-order valence-corrected chi connectivity index (χ0v) is 15.6. The van der Waals surface area contributed by atoms with Gasteiger partial charge in [0, 0.05) is 11.4 Å². The summed E-state index contributed by atoms with van der Waals surface area (Å²) in [6, 6.07) is 11.4. The van der Waals surface area contributed by atoms with Gasteiger partial charge in [-0.2, -0.15) is 0 Å². The molecule has 0 aromatic heterocycles. The van der Waals surface area contributed by atoms with E-state index in [0.29, 0.717) is 16.4 Å². The summed E-state index contributed by atoms with van der Waals surface area (Å²) in [5.74, 6) is -0.555. The van der Waals surface area contributed by atoms with Gasteiger partial charge < -0.3 is 16.0 Å². The Balaban J connectivity index is 1.96. The smallest absolute Gasteiger partial charge is 0.255 e. The van der Waals surface area contributed by atoms with Crippen LogP contribution in [-0.4, -0.2) is 11.0 Å². The van der Waals surface area contributed by atoms with Crippen LogP contribution >= 0.6 is 12.2 Å². The summed E-state index contributed by atoms with van der Waals surface area (Å²) in [6.07, 6.45) is 0. The van der Waals surface area contributed by atoms with Gasteiger partial charge in [0.1, 0.15) is 5.82 Å². The third kappa shape index (κ3) is 3.60. The fraction of sp³-hybridized carbons (Fsp3) is 0.200. The third-order valence-corrected chi connectivity index (χ3v) is 4.79. The summed E-state index contributed by atoms with van der Waals surface area (Å²) >= 11 is 5.23. The van der Waals surface area contributed by atoms with Crippen LogP contribution in [0.15, 0.2) is 53.7 Å². The average molecular weight is 369 g/mol. The van der Waals surface area contributed by atoms with E-state index in [-0.39, 0.29) is 11.7 Å². The first kappa shape index (κ1) is 18.1. The van der Waals surface area contributed by atoms with Crippen molar-refractivity contribution in [2.45, 2.75) is 26.8 Å². The summed E-state index contributed by atoms with van der Waals surface area (Å²) in [5, 5.41) is 9.52. The molecule has 6 heteroatoms. The SMILES string of the molecule is CC1=C(C(=O)Nc2cccc(C)c2C)C(c2ccc(F)cc2)NC(=S)N1. The second-order valence-corrected chi connectivity index (χ2v) is 6.73. The number of aryl methyl sites for hydroxylation is 1. The molecule has 0 saturated heterocycles. The Morgan fingerprint density at radius 3 is 2.50 bits per heavy atom. The molecule has 0 fully saturated rings. The summed E-state index contributed by atoms with van der Waals surface area (Å²) < 4.78 is 13.3. The Morgan fingerprint density at radius 1 is 1.12 bits per heavy atom. The lowest BCUT2D eigenvalue weighted by molar-refractivity contribution is -0.113. The molecule has 1 unspecified atom stereocenters. The molecule has 0 radical (unpaired) electrons. The number of amides is 1. The number of halogens is 1. The van der Waals surface area contributed by atoms with Crippen LogP contribution in [-0.2, 0) is 4.79 Å². The molecule has 134 valence electrons. The van der Waals surface area contributed by atoms with Gasteiger partial charge in [-0.05, 0) is 67.9 Å². The number of hydrogen-bond donors (Lipinski definition) is 3. The Labute approximate surface area is 157 Å². The van der Waals surface area contributed by atoms with E-state index in [9.17, 15) is 9.18 Å². The van der Waals surface area contributed by atoms with Crippen molar-refractivity contribution in [1.82, 2.24) is 10.6 Å². The topological polar surface area (TPSA) is 53.2 Å². The molecule has 0 spiro atoms. The lowest BCUT2D eigenvalue weighted by Gasteiger charge is -2.30. The zero-order valence-electron chi connectivity index (χ0n) is 14.8. The van der Waals surface area contributed by atoms with Crippen molar-refractivity contribution in [3.63, 3.8) is 0 Å². The molecule has 1 aliphatic heterocycles. The second kappa shape index (κ2) is 7.25. The summed E-state index contributed by atoms with van der Waals surface area (Å²) in [7, 11) is 0. The maximum Gasteiger partial charge on any atom is 0.255 e. The highest BCUT2D eigenvalue weighted by atomic mass is 32.1. The van der Waals surface area contributed by atoms with Crippen molar-refractivity contribution in [2.24, 2.45) is 0 Å². The highest BCUT2D eigenvalue weighted by Gasteiger charge is 2.30. The first-order chi connectivity index (χ1) is 12.4. The lowest BCUT2D eigenvalue weighted by Crippen LogP contribution is -2.45. The van der Waals surface area contributed by atoms with Crippen LogP contribution in [0.2, 0.25) is 0 Å². The predicted octanol–water partition coefficient (Wildman–Crippen LogP) is 3.87. The van der Waals surface area contributed by atoms with Gasteiger partial charge >= 0.3 is 0 Å². The molecule has 1 atom stereocenters. The molecule has 1 aliphatic rings. The molecular weight excluding hydrogens is 349 g/mol. The molecule has 0 aliphatic carbocycles.